The largest absolute Gasteiger partial charge is 0.368 e. The molecule has 6 heteroatoms. The number of primary amides is 1. The maximum Gasteiger partial charge on any atom is 0.251 e. The Morgan fingerprint density at radius 2 is 2.07 bits per heavy atom. The topological polar surface area (TPSA) is 72.3 Å². The Kier molecular flexibility index (Phi) is 5.67. The summed E-state index contributed by atoms with van der Waals surface area (Å²) < 4.78 is 23.9. The summed E-state index contributed by atoms with van der Waals surface area (Å²) in [5.74, 6) is -0.570. The number of carbonyl (C=O) groups is 1. The molecule has 0 radical (unpaired) electrons. The van der Waals surface area contributed by atoms with Crippen LogP contribution in [0.15, 0.2) is 0 Å². The molecule has 1 atom stereocenters. The van der Waals surface area contributed by atoms with Crippen LogP contribution in [-0.4, -0.2) is 42.9 Å². The quantitative estimate of drug-likeness (QED) is 0.646. The lowest BCUT2D eigenvalue weighted by atomic mass is 9.96. The van der Waals surface area contributed by atoms with Gasteiger partial charge in [-0.15, -0.1) is 0 Å². The maximum absolute atomic E-state index is 11.9. The lowest BCUT2D eigenvalue weighted by Crippen LogP contribution is -2.49. The molecule has 0 saturated heterocycles. The van der Waals surface area contributed by atoms with Crippen molar-refractivity contribution < 1.29 is 13.6 Å². The summed E-state index contributed by atoms with van der Waals surface area (Å²) in [5, 5.41) is 0. The number of rotatable bonds is 7. The zero-order chi connectivity index (χ0) is 12.1. The second kappa shape index (κ2) is 5.97. The predicted octanol–water partition coefficient (Wildman–Crippen LogP) is 0.166. The van der Waals surface area contributed by atoms with E-state index >= 15 is 0 Å². The molecule has 0 aromatic carbocycles. The molecule has 0 rings (SSSR count). The molecule has 0 fully saturated rings. The minimum absolute atomic E-state index is 0.266. The number of nitrogens with two attached hydrogens (primary N) is 2. The Morgan fingerprint density at radius 1 is 1.53 bits per heavy atom. The van der Waals surface area contributed by atoms with Gasteiger partial charge in [0.15, 0.2) is 0 Å². The number of hydrogen-bond donors (Lipinski definition) is 2. The van der Waals surface area contributed by atoms with Crippen LogP contribution < -0.4 is 11.5 Å². The minimum Gasteiger partial charge on any atom is -0.368 e. The number of alkyl halides is 2. The number of nitrogens with zero attached hydrogens (tertiary/aromatic N) is 1. The fourth-order valence-electron chi connectivity index (χ4n) is 1.17. The van der Waals surface area contributed by atoms with Crippen LogP contribution in [0, 0.1) is 0 Å². The molecule has 0 aromatic heterocycles. The second-order valence-corrected chi connectivity index (χ2v) is 4.04. The van der Waals surface area contributed by atoms with E-state index in [0.717, 1.165) is 0 Å². The highest BCUT2D eigenvalue weighted by atomic mass is 19.3. The number of carbonyl (C=O) groups excluding carboxylic acids is 1. The van der Waals surface area contributed by atoms with Crippen LogP contribution >= 0.6 is 0 Å². The number of hydrogen-bond acceptors (Lipinski definition) is 3. The van der Waals surface area contributed by atoms with Crippen molar-refractivity contribution in [3.63, 3.8) is 0 Å². The first-order valence-electron chi connectivity index (χ1n) is 4.81. The SMILES string of the molecule is CN(CCCC(C)(N)C(N)=O)CC(F)F. The molecule has 90 valence electrons. The van der Waals surface area contributed by atoms with Crippen molar-refractivity contribution >= 4 is 5.91 Å². The maximum atomic E-state index is 11.9. The van der Waals surface area contributed by atoms with E-state index in [1.54, 1.807) is 14.0 Å². The van der Waals surface area contributed by atoms with Gasteiger partial charge >= 0.3 is 0 Å². The molecule has 15 heavy (non-hydrogen) atoms. The van der Waals surface area contributed by atoms with Gasteiger partial charge in [0, 0.05) is 0 Å². The average molecular weight is 223 g/mol. The summed E-state index contributed by atoms with van der Waals surface area (Å²) in [6.45, 7) is 1.75. The number of amides is 1. The summed E-state index contributed by atoms with van der Waals surface area (Å²) in [5.41, 5.74) is 9.63. The smallest absolute Gasteiger partial charge is 0.251 e. The molecular formula is C9H19F2N3O. The van der Waals surface area contributed by atoms with Crippen LogP contribution in [0.2, 0.25) is 0 Å². The van der Waals surface area contributed by atoms with E-state index in [2.05, 4.69) is 0 Å². The molecule has 0 spiro atoms. The molecule has 0 aliphatic carbocycles. The summed E-state index contributed by atoms with van der Waals surface area (Å²) in [6.07, 6.45) is -1.37. The monoisotopic (exact) mass is 223 g/mol. The molecule has 0 aromatic rings. The van der Waals surface area contributed by atoms with Crippen molar-refractivity contribution in [2.75, 3.05) is 20.1 Å². The van der Waals surface area contributed by atoms with E-state index in [9.17, 15) is 13.6 Å². The van der Waals surface area contributed by atoms with Crippen LogP contribution in [0.25, 0.3) is 0 Å². The third-order valence-electron chi connectivity index (χ3n) is 2.25. The highest BCUT2D eigenvalue weighted by Gasteiger charge is 2.24. The fourth-order valence-corrected chi connectivity index (χ4v) is 1.17. The van der Waals surface area contributed by atoms with Gasteiger partial charge in [-0.2, -0.15) is 0 Å². The molecule has 0 bridgehead atoms. The molecule has 0 saturated carbocycles. The zero-order valence-corrected chi connectivity index (χ0v) is 9.17. The van der Waals surface area contributed by atoms with E-state index in [1.807, 2.05) is 0 Å². The molecular weight excluding hydrogens is 204 g/mol. The third-order valence-corrected chi connectivity index (χ3v) is 2.25. The van der Waals surface area contributed by atoms with E-state index in [-0.39, 0.29) is 6.54 Å². The molecule has 4 nitrogen and oxygen atoms in total. The predicted molar refractivity (Wildman–Crippen MR) is 54.5 cm³/mol. The molecule has 4 N–H and O–H groups in total. The summed E-state index contributed by atoms with van der Waals surface area (Å²) >= 11 is 0. The summed E-state index contributed by atoms with van der Waals surface area (Å²) in [4.78, 5) is 12.3. The van der Waals surface area contributed by atoms with Crippen molar-refractivity contribution in [2.45, 2.75) is 31.7 Å². The van der Waals surface area contributed by atoms with Crippen molar-refractivity contribution in [1.82, 2.24) is 4.90 Å². The molecule has 1 unspecified atom stereocenters. The van der Waals surface area contributed by atoms with Crippen molar-refractivity contribution in [2.24, 2.45) is 11.5 Å². The summed E-state index contributed by atoms with van der Waals surface area (Å²) in [6, 6.07) is 0. The van der Waals surface area contributed by atoms with Gasteiger partial charge in [0.2, 0.25) is 5.91 Å². The normalized spacial score (nSPS) is 15.7. The van der Waals surface area contributed by atoms with Gasteiger partial charge in [-0.1, -0.05) is 0 Å². The van der Waals surface area contributed by atoms with Crippen LogP contribution in [0.3, 0.4) is 0 Å². The van der Waals surface area contributed by atoms with E-state index in [1.165, 1.54) is 4.90 Å². The van der Waals surface area contributed by atoms with Crippen LogP contribution in [0.1, 0.15) is 19.8 Å². The minimum atomic E-state index is -2.34. The van der Waals surface area contributed by atoms with Crippen LogP contribution in [0.5, 0.6) is 0 Å². The standard InChI is InChI=1S/C9H19F2N3O/c1-9(13,8(12)15)4-3-5-14(2)6-7(10)11/h7H,3-6,13H2,1-2H3,(H2,12,15). The fraction of sp³-hybridized carbons (Fsp3) is 0.889. The Balaban J connectivity index is 3.74. The molecule has 0 aliphatic rings. The zero-order valence-electron chi connectivity index (χ0n) is 9.17. The van der Waals surface area contributed by atoms with E-state index in [0.29, 0.717) is 19.4 Å². The molecule has 0 heterocycles. The highest BCUT2D eigenvalue weighted by Crippen LogP contribution is 2.08. The van der Waals surface area contributed by atoms with Gasteiger partial charge < -0.3 is 16.4 Å². The second-order valence-electron chi connectivity index (χ2n) is 4.04. The first-order valence-corrected chi connectivity index (χ1v) is 4.81. The Hall–Kier alpha value is -0.750. The Bertz CT molecular complexity index is 210. The highest BCUT2D eigenvalue weighted by molar-refractivity contribution is 5.83. The van der Waals surface area contributed by atoms with Gasteiger partial charge in [0.05, 0.1) is 12.1 Å². The number of halogens is 2. The molecule has 1 amide bonds. The van der Waals surface area contributed by atoms with Gasteiger partial charge in [-0.3, -0.25) is 4.79 Å². The van der Waals surface area contributed by atoms with Crippen molar-refractivity contribution in [3.8, 4) is 0 Å². The lowest BCUT2D eigenvalue weighted by Gasteiger charge is -2.22. The Labute approximate surface area is 88.6 Å². The average Bonchev–Trinajstić information content (AvgIpc) is 2.01. The first-order chi connectivity index (χ1) is 6.75. The van der Waals surface area contributed by atoms with Crippen molar-refractivity contribution in [1.29, 1.82) is 0 Å². The van der Waals surface area contributed by atoms with Crippen molar-refractivity contribution in [3.05, 3.63) is 0 Å². The molecule has 0 aliphatic heterocycles. The van der Waals surface area contributed by atoms with E-state index < -0.39 is 17.9 Å². The van der Waals surface area contributed by atoms with Gasteiger partial charge in [-0.05, 0) is 33.4 Å². The van der Waals surface area contributed by atoms with Crippen LogP contribution in [0.4, 0.5) is 8.78 Å². The van der Waals surface area contributed by atoms with Gasteiger partial charge in [0.25, 0.3) is 6.43 Å². The van der Waals surface area contributed by atoms with Crippen LogP contribution in [-0.2, 0) is 4.79 Å². The summed E-state index contributed by atoms with van der Waals surface area (Å²) in [7, 11) is 1.60. The Morgan fingerprint density at radius 3 is 2.47 bits per heavy atom. The third kappa shape index (κ3) is 6.35. The van der Waals surface area contributed by atoms with Gasteiger partial charge in [0.1, 0.15) is 0 Å². The first kappa shape index (κ1) is 14.2. The van der Waals surface area contributed by atoms with E-state index in [4.69, 9.17) is 11.5 Å². The van der Waals surface area contributed by atoms with Gasteiger partial charge in [-0.25, -0.2) is 8.78 Å². The lowest BCUT2D eigenvalue weighted by molar-refractivity contribution is -0.122.